The molecule has 7 rings (SSSR count). The number of nitrogens with zero attached hydrogens (tertiary/aromatic N) is 5. The molecule has 1 fully saturated rings. The van der Waals surface area contributed by atoms with Crippen molar-refractivity contribution in [3.8, 4) is 5.69 Å². The number of ether oxygens (including phenoxy) is 1. The third-order valence-electron chi connectivity index (χ3n) is 7.78. The lowest BCUT2D eigenvalue weighted by Gasteiger charge is -2.30. The first-order chi connectivity index (χ1) is 22.6. The molecule has 47 heavy (non-hydrogen) atoms. The molecule has 15 heteroatoms. The van der Waals surface area contributed by atoms with Crippen LogP contribution in [-0.2, 0) is 14.3 Å². The zero-order valence-corrected chi connectivity index (χ0v) is 25.3. The van der Waals surface area contributed by atoms with Crippen molar-refractivity contribution in [1.29, 1.82) is 0 Å². The van der Waals surface area contributed by atoms with Crippen molar-refractivity contribution in [2.45, 2.75) is 13.0 Å². The summed E-state index contributed by atoms with van der Waals surface area (Å²) >= 11 is 0.844. The molecule has 0 saturated carbocycles. The van der Waals surface area contributed by atoms with E-state index in [1.165, 1.54) is 29.2 Å². The molecule has 5 amide bonds. The zero-order valence-electron chi connectivity index (χ0n) is 24.5. The highest BCUT2D eigenvalue weighted by Gasteiger charge is 2.39. The van der Waals surface area contributed by atoms with Gasteiger partial charge in [0.25, 0.3) is 23.6 Å². The van der Waals surface area contributed by atoms with Crippen LogP contribution in [0.15, 0.2) is 66.7 Å². The fraction of sp³-hybridized carbons (Fsp3) is 0.125. The molecule has 1 saturated heterocycles. The molecule has 2 aliphatic heterocycles. The average Bonchev–Trinajstić information content (AvgIpc) is 3.72. The summed E-state index contributed by atoms with van der Waals surface area (Å²) in [7, 11) is 0. The van der Waals surface area contributed by atoms with Gasteiger partial charge in [-0.05, 0) is 67.0 Å². The van der Waals surface area contributed by atoms with E-state index in [0.29, 0.717) is 22.6 Å². The number of carbonyl (C=O) groups excluding carboxylic acids is 5. The van der Waals surface area contributed by atoms with Gasteiger partial charge < -0.3 is 15.8 Å². The minimum Gasteiger partial charge on any atom is -0.366 e. The number of imide groups is 1. The van der Waals surface area contributed by atoms with Crippen LogP contribution < -0.4 is 20.9 Å². The van der Waals surface area contributed by atoms with Gasteiger partial charge in [-0.15, -0.1) is 5.10 Å². The van der Waals surface area contributed by atoms with Gasteiger partial charge in [-0.2, -0.15) is 4.37 Å². The molecule has 13 nitrogen and oxygen atoms in total. The van der Waals surface area contributed by atoms with E-state index in [0.717, 1.165) is 22.9 Å². The third-order valence-corrected chi connectivity index (χ3v) is 8.65. The van der Waals surface area contributed by atoms with Crippen LogP contribution in [0.25, 0.3) is 15.8 Å². The number of aryl methyl sites for hydroxylation is 1. The van der Waals surface area contributed by atoms with Gasteiger partial charge in [0.2, 0.25) is 5.91 Å². The Hall–Kier alpha value is -5.80. The number of hydrogen-bond acceptors (Lipinski definition) is 9. The maximum atomic E-state index is 13.4. The highest BCUT2D eigenvalue weighted by atomic mass is 32.1. The second kappa shape index (κ2) is 11.5. The molecule has 0 aliphatic carbocycles. The van der Waals surface area contributed by atoms with Crippen molar-refractivity contribution >= 4 is 68.5 Å². The lowest BCUT2D eigenvalue weighted by molar-refractivity contribution is -0.133. The molecule has 4 heterocycles. The molecular formula is C32H23FN7O6S. The molecule has 0 spiro atoms. The number of halogens is 1. The summed E-state index contributed by atoms with van der Waals surface area (Å²) in [5.74, 6) is -3.27. The van der Waals surface area contributed by atoms with Gasteiger partial charge in [0.1, 0.15) is 11.9 Å². The van der Waals surface area contributed by atoms with Gasteiger partial charge in [0.05, 0.1) is 52.3 Å². The Morgan fingerprint density at radius 1 is 1.04 bits per heavy atom. The molecule has 0 bridgehead atoms. The van der Waals surface area contributed by atoms with Gasteiger partial charge in [0.15, 0.2) is 11.6 Å². The normalized spacial score (nSPS) is 16.2. The first-order valence-electron chi connectivity index (χ1n) is 14.2. The topological polar surface area (TPSA) is 170 Å². The Morgan fingerprint density at radius 2 is 1.74 bits per heavy atom. The monoisotopic (exact) mass is 652 g/mol. The summed E-state index contributed by atoms with van der Waals surface area (Å²) in [6, 6.07) is 16.8. The Kier molecular flexibility index (Phi) is 7.33. The van der Waals surface area contributed by atoms with Crippen LogP contribution in [0.5, 0.6) is 0 Å². The van der Waals surface area contributed by atoms with Crippen LogP contribution in [0.1, 0.15) is 36.8 Å². The zero-order chi connectivity index (χ0) is 33.0. The minimum atomic E-state index is -1.26. The standard InChI is InChI=1S/C32H23FN7O6S/c1-16-14-24(36-40(16)18-8-6-17(33)7-9-18)38-12-13-46-23(32(38)45)15-25(41)35-22-11-10-21-27(26(22)28(34)42)47-37-29(21)39-30(43)19-4-2-3-5-20(19)31(39)44/h2-11,14-15,23H,12-13H2,1H3,(H2,34,42)(H,35,41)/t23-/m1/s1. The van der Waals surface area contributed by atoms with Crippen LogP contribution in [0.3, 0.4) is 0 Å². The molecule has 2 aliphatic rings. The van der Waals surface area contributed by atoms with Crippen LogP contribution >= 0.6 is 11.5 Å². The lowest BCUT2D eigenvalue weighted by Crippen LogP contribution is -2.49. The SMILES string of the molecule is Cc1cc(N2CCO[C@H]([CH]C(=O)Nc3ccc4c(N5C(=O)c6ccccc6C5=O)nsc4c3C(N)=O)C2=O)nn1-c1ccc(F)cc1. The maximum Gasteiger partial charge on any atom is 0.267 e. The average molecular weight is 653 g/mol. The Balaban J connectivity index is 1.10. The summed E-state index contributed by atoms with van der Waals surface area (Å²) in [6.45, 7) is 2.09. The van der Waals surface area contributed by atoms with E-state index in [1.54, 1.807) is 54.1 Å². The second-order valence-electron chi connectivity index (χ2n) is 10.7. The minimum absolute atomic E-state index is 0.0394. The molecule has 1 radical (unpaired) electrons. The van der Waals surface area contributed by atoms with E-state index in [-0.39, 0.29) is 51.9 Å². The number of nitrogens with two attached hydrogens (primary N) is 1. The van der Waals surface area contributed by atoms with E-state index >= 15 is 0 Å². The Labute approximate surface area is 269 Å². The van der Waals surface area contributed by atoms with Crippen LogP contribution in [0, 0.1) is 19.2 Å². The van der Waals surface area contributed by atoms with Crippen molar-refractivity contribution < 1.29 is 33.1 Å². The number of rotatable bonds is 7. The van der Waals surface area contributed by atoms with Crippen molar-refractivity contribution in [1.82, 2.24) is 14.2 Å². The molecule has 0 unspecified atom stereocenters. The number of primary amides is 1. The first-order valence-corrected chi connectivity index (χ1v) is 15.0. The molecular weight excluding hydrogens is 629 g/mol. The fourth-order valence-electron chi connectivity index (χ4n) is 5.58. The Morgan fingerprint density at radius 3 is 2.43 bits per heavy atom. The predicted molar refractivity (Wildman–Crippen MR) is 169 cm³/mol. The van der Waals surface area contributed by atoms with Gasteiger partial charge in [0, 0.05) is 17.1 Å². The maximum absolute atomic E-state index is 13.4. The highest BCUT2D eigenvalue weighted by molar-refractivity contribution is 7.14. The van der Waals surface area contributed by atoms with Crippen LogP contribution in [-0.4, -0.2) is 62.9 Å². The first kappa shape index (κ1) is 29.9. The van der Waals surface area contributed by atoms with Gasteiger partial charge in [-0.3, -0.25) is 28.9 Å². The molecule has 2 aromatic heterocycles. The van der Waals surface area contributed by atoms with Crippen molar-refractivity contribution in [3.63, 3.8) is 0 Å². The summed E-state index contributed by atoms with van der Waals surface area (Å²) in [6.07, 6.45) is -0.214. The lowest BCUT2D eigenvalue weighted by atomic mass is 10.1. The van der Waals surface area contributed by atoms with Gasteiger partial charge in [-0.1, -0.05) is 12.1 Å². The van der Waals surface area contributed by atoms with E-state index in [2.05, 4.69) is 14.8 Å². The summed E-state index contributed by atoms with van der Waals surface area (Å²) in [4.78, 5) is 67.6. The van der Waals surface area contributed by atoms with Crippen molar-refractivity contribution in [2.24, 2.45) is 5.73 Å². The summed E-state index contributed by atoms with van der Waals surface area (Å²) < 4.78 is 25.1. The van der Waals surface area contributed by atoms with Crippen LogP contribution in [0.2, 0.25) is 0 Å². The number of anilines is 3. The quantitative estimate of drug-likeness (QED) is 0.252. The molecule has 3 N–H and O–H groups in total. The number of amides is 5. The Bertz CT molecular complexity index is 2110. The van der Waals surface area contributed by atoms with Crippen LogP contribution in [0.4, 0.5) is 21.7 Å². The number of carbonyl (C=O) groups is 5. The van der Waals surface area contributed by atoms with E-state index < -0.39 is 35.6 Å². The van der Waals surface area contributed by atoms with Crippen molar-refractivity contribution in [2.75, 3.05) is 28.3 Å². The largest absolute Gasteiger partial charge is 0.366 e. The van der Waals surface area contributed by atoms with Gasteiger partial charge in [-0.25, -0.2) is 14.0 Å². The molecule has 3 aromatic carbocycles. The predicted octanol–water partition coefficient (Wildman–Crippen LogP) is 3.40. The number of hydrogen-bond donors (Lipinski definition) is 2. The van der Waals surface area contributed by atoms with E-state index in [9.17, 15) is 28.4 Å². The number of aromatic nitrogens is 3. The molecule has 5 aromatic rings. The van der Waals surface area contributed by atoms with E-state index in [1.807, 2.05) is 0 Å². The highest BCUT2D eigenvalue weighted by Crippen LogP contribution is 2.38. The third kappa shape index (κ3) is 5.10. The number of fused-ring (bicyclic) bond motifs is 2. The van der Waals surface area contributed by atoms with Gasteiger partial charge >= 0.3 is 0 Å². The summed E-state index contributed by atoms with van der Waals surface area (Å²) in [5, 5.41) is 7.41. The number of benzene rings is 3. The molecule has 1 atom stereocenters. The second-order valence-corrected chi connectivity index (χ2v) is 11.5. The fourth-order valence-corrected chi connectivity index (χ4v) is 6.50. The summed E-state index contributed by atoms with van der Waals surface area (Å²) in [5.41, 5.74) is 7.46. The smallest absolute Gasteiger partial charge is 0.267 e. The number of morpholine rings is 1. The number of nitrogens with one attached hydrogen (secondary N) is 1. The van der Waals surface area contributed by atoms with Crippen molar-refractivity contribution in [3.05, 3.63) is 101 Å². The van der Waals surface area contributed by atoms with E-state index in [4.69, 9.17) is 10.5 Å². The molecule has 235 valence electrons.